The van der Waals surface area contributed by atoms with E-state index in [4.69, 9.17) is 9.15 Å². The second-order valence-corrected chi connectivity index (χ2v) is 5.34. The fraction of sp³-hybridized carbons (Fsp3) is 0.235. The summed E-state index contributed by atoms with van der Waals surface area (Å²) in [7, 11) is 0. The van der Waals surface area contributed by atoms with Crippen LogP contribution in [0.4, 0.5) is 0 Å². The van der Waals surface area contributed by atoms with Gasteiger partial charge in [-0.05, 0) is 50.6 Å². The van der Waals surface area contributed by atoms with Crippen LogP contribution < -0.4 is 4.74 Å². The summed E-state index contributed by atoms with van der Waals surface area (Å²) >= 11 is 0. The van der Waals surface area contributed by atoms with E-state index in [0.717, 1.165) is 22.2 Å². The number of hydrogen-bond donors (Lipinski definition) is 1. The Bertz CT molecular complexity index is 795. The first-order chi connectivity index (χ1) is 10.1. The number of H-pyrrole nitrogens is 1. The number of benzene rings is 1. The molecule has 4 heteroatoms. The van der Waals surface area contributed by atoms with Crippen LogP contribution in [-0.2, 0) is 0 Å². The van der Waals surface area contributed by atoms with Gasteiger partial charge in [0.25, 0.3) is 0 Å². The third-order valence-electron chi connectivity index (χ3n) is 3.34. The standard InChI is InChI=1S/C17H17NO3/c1-10(2)21-12-4-5-15-13(8-12)14(9-18-15)16(19)17-11(3)6-7-20-17/h4-10,18H,1-3H3. The van der Waals surface area contributed by atoms with Gasteiger partial charge in [0.15, 0.2) is 5.76 Å². The minimum absolute atomic E-state index is 0.0906. The van der Waals surface area contributed by atoms with E-state index < -0.39 is 0 Å². The number of ketones is 1. The molecule has 21 heavy (non-hydrogen) atoms. The zero-order valence-corrected chi connectivity index (χ0v) is 12.3. The van der Waals surface area contributed by atoms with Gasteiger partial charge < -0.3 is 14.1 Å². The second kappa shape index (κ2) is 5.13. The quantitative estimate of drug-likeness (QED) is 0.734. The van der Waals surface area contributed by atoms with Crippen LogP contribution in [0, 0.1) is 6.92 Å². The van der Waals surface area contributed by atoms with E-state index in [-0.39, 0.29) is 11.9 Å². The third kappa shape index (κ3) is 2.44. The molecule has 0 unspecified atom stereocenters. The number of carbonyl (C=O) groups is 1. The first-order valence-electron chi connectivity index (χ1n) is 6.93. The van der Waals surface area contributed by atoms with E-state index in [2.05, 4.69) is 4.98 Å². The molecule has 1 N–H and O–H groups in total. The van der Waals surface area contributed by atoms with Gasteiger partial charge in [0.1, 0.15) is 5.75 Å². The Kier molecular flexibility index (Phi) is 3.29. The molecule has 0 radical (unpaired) electrons. The number of nitrogens with one attached hydrogen (secondary N) is 1. The molecule has 0 fully saturated rings. The first kappa shape index (κ1) is 13.5. The van der Waals surface area contributed by atoms with Crippen LogP contribution in [-0.4, -0.2) is 16.9 Å². The van der Waals surface area contributed by atoms with Gasteiger partial charge in [-0.1, -0.05) is 0 Å². The molecule has 0 atom stereocenters. The lowest BCUT2D eigenvalue weighted by Gasteiger charge is -2.09. The highest BCUT2D eigenvalue weighted by molar-refractivity contribution is 6.15. The number of hydrogen-bond acceptors (Lipinski definition) is 3. The largest absolute Gasteiger partial charge is 0.491 e. The minimum atomic E-state index is -0.120. The molecule has 4 nitrogen and oxygen atoms in total. The number of ether oxygens (including phenoxy) is 1. The van der Waals surface area contributed by atoms with E-state index in [1.807, 2.05) is 39.0 Å². The first-order valence-corrected chi connectivity index (χ1v) is 6.93. The van der Waals surface area contributed by atoms with Crippen molar-refractivity contribution in [3.05, 3.63) is 53.6 Å². The number of aryl methyl sites for hydroxylation is 1. The number of aromatic nitrogens is 1. The number of rotatable bonds is 4. The summed E-state index contributed by atoms with van der Waals surface area (Å²) in [5, 5.41) is 0.842. The predicted molar refractivity (Wildman–Crippen MR) is 80.9 cm³/mol. The smallest absolute Gasteiger partial charge is 0.230 e. The molecule has 0 aliphatic rings. The van der Waals surface area contributed by atoms with Crippen molar-refractivity contribution in [3.8, 4) is 5.75 Å². The van der Waals surface area contributed by atoms with Crippen LogP contribution in [0.25, 0.3) is 10.9 Å². The SMILES string of the molecule is Cc1ccoc1C(=O)c1c[nH]c2ccc(OC(C)C)cc12. The summed E-state index contributed by atoms with van der Waals surface area (Å²) in [6.45, 7) is 5.80. The average Bonchev–Trinajstić information content (AvgIpc) is 3.03. The maximum atomic E-state index is 12.6. The monoisotopic (exact) mass is 283 g/mol. The Morgan fingerprint density at radius 2 is 2.10 bits per heavy atom. The molecule has 2 aromatic heterocycles. The molecule has 3 aromatic rings. The van der Waals surface area contributed by atoms with Crippen molar-refractivity contribution < 1.29 is 13.9 Å². The van der Waals surface area contributed by atoms with Gasteiger partial charge in [0.05, 0.1) is 17.9 Å². The Labute approximate surface area is 122 Å². The molecule has 0 bridgehead atoms. The molecule has 0 spiro atoms. The van der Waals surface area contributed by atoms with Crippen molar-refractivity contribution in [1.29, 1.82) is 0 Å². The van der Waals surface area contributed by atoms with Crippen molar-refractivity contribution in [1.82, 2.24) is 4.98 Å². The molecule has 2 heterocycles. The minimum Gasteiger partial charge on any atom is -0.491 e. The second-order valence-electron chi connectivity index (χ2n) is 5.34. The fourth-order valence-electron chi connectivity index (χ4n) is 2.36. The van der Waals surface area contributed by atoms with Gasteiger partial charge in [-0.15, -0.1) is 0 Å². The normalized spacial score (nSPS) is 11.2. The van der Waals surface area contributed by atoms with Crippen molar-refractivity contribution in [2.24, 2.45) is 0 Å². The molecule has 0 saturated heterocycles. The van der Waals surface area contributed by atoms with Gasteiger partial charge >= 0.3 is 0 Å². The summed E-state index contributed by atoms with van der Waals surface area (Å²) in [6, 6.07) is 7.48. The van der Waals surface area contributed by atoms with Crippen LogP contribution in [0.1, 0.15) is 35.5 Å². The Morgan fingerprint density at radius 3 is 2.76 bits per heavy atom. The summed E-state index contributed by atoms with van der Waals surface area (Å²) in [5.41, 5.74) is 2.33. The van der Waals surface area contributed by atoms with E-state index >= 15 is 0 Å². The number of aromatic amines is 1. The highest BCUT2D eigenvalue weighted by Crippen LogP contribution is 2.27. The molecule has 3 rings (SSSR count). The van der Waals surface area contributed by atoms with Crippen LogP contribution in [0.5, 0.6) is 5.75 Å². The highest BCUT2D eigenvalue weighted by atomic mass is 16.5. The fourth-order valence-corrected chi connectivity index (χ4v) is 2.36. The van der Waals surface area contributed by atoms with Crippen LogP contribution in [0.3, 0.4) is 0 Å². The third-order valence-corrected chi connectivity index (χ3v) is 3.34. The number of fused-ring (bicyclic) bond motifs is 1. The lowest BCUT2D eigenvalue weighted by molar-refractivity contribution is 0.101. The lowest BCUT2D eigenvalue weighted by atomic mass is 10.1. The topological polar surface area (TPSA) is 55.2 Å². The molecule has 0 saturated carbocycles. The molecule has 0 aliphatic carbocycles. The van der Waals surface area contributed by atoms with Crippen molar-refractivity contribution in [3.63, 3.8) is 0 Å². The van der Waals surface area contributed by atoms with Crippen LogP contribution in [0.15, 0.2) is 41.1 Å². The van der Waals surface area contributed by atoms with Crippen LogP contribution >= 0.6 is 0 Å². The summed E-state index contributed by atoms with van der Waals surface area (Å²) in [6.07, 6.45) is 3.34. The number of furan rings is 1. The maximum Gasteiger partial charge on any atom is 0.230 e. The summed E-state index contributed by atoms with van der Waals surface area (Å²) < 4.78 is 11.0. The lowest BCUT2D eigenvalue weighted by Crippen LogP contribution is -2.05. The van der Waals surface area contributed by atoms with Gasteiger partial charge in [-0.25, -0.2) is 0 Å². The number of carbonyl (C=O) groups excluding carboxylic acids is 1. The predicted octanol–water partition coefficient (Wildman–Crippen LogP) is 4.09. The van der Waals surface area contributed by atoms with Gasteiger partial charge in [0.2, 0.25) is 5.78 Å². The van der Waals surface area contributed by atoms with E-state index in [1.165, 1.54) is 6.26 Å². The van der Waals surface area contributed by atoms with E-state index in [9.17, 15) is 4.79 Å². The van der Waals surface area contributed by atoms with E-state index in [0.29, 0.717) is 11.3 Å². The molecule has 108 valence electrons. The van der Waals surface area contributed by atoms with E-state index in [1.54, 1.807) is 12.3 Å². The van der Waals surface area contributed by atoms with Gasteiger partial charge in [-0.3, -0.25) is 4.79 Å². The molecular formula is C17H17NO3. The van der Waals surface area contributed by atoms with Crippen molar-refractivity contribution in [2.75, 3.05) is 0 Å². The molecule has 0 aliphatic heterocycles. The van der Waals surface area contributed by atoms with Crippen molar-refractivity contribution in [2.45, 2.75) is 26.9 Å². The van der Waals surface area contributed by atoms with Gasteiger partial charge in [0, 0.05) is 17.1 Å². The molecule has 0 amide bonds. The molecular weight excluding hydrogens is 266 g/mol. The molecule has 1 aromatic carbocycles. The highest BCUT2D eigenvalue weighted by Gasteiger charge is 2.19. The average molecular weight is 283 g/mol. The maximum absolute atomic E-state index is 12.6. The Balaban J connectivity index is 2.06. The summed E-state index contributed by atoms with van der Waals surface area (Å²) in [4.78, 5) is 15.7. The van der Waals surface area contributed by atoms with Crippen molar-refractivity contribution >= 4 is 16.7 Å². The summed E-state index contributed by atoms with van der Waals surface area (Å²) in [5.74, 6) is 1.01. The Morgan fingerprint density at radius 1 is 1.29 bits per heavy atom. The van der Waals surface area contributed by atoms with Crippen LogP contribution in [0.2, 0.25) is 0 Å². The Hall–Kier alpha value is -2.49. The van der Waals surface area contributed by atoms with Gasteiger partial charge in [-0.2, -0.15) is 0 Å². The zero-order valence-electron chi connectivity index (χ0n) is 12.3. The zero-order chi connectivity index (χ0) is 15.0.